The van der Waals surface area contributed by atoms with E-state index in [1.807, 2.05) is 6.92 Å². The van der Waals surface area contributed by atoms with Gasteiger partial charge in [0.25, 0.3) is 0 Å². The molecule has 2 saturated heterocycles. The van der Waals surface area contributed by atoms with Crippen LogP contribution in [0.25, 0.3) is 0 Å². The Morgan fingerprint density at radius 3 is 2.58 bits per heavy atom. The third-order valence-corrected chi connectivity index (χ3v) is 5.03. The highest BCUT2D eigenvalue weighted by atomic mass is 79.9. The van der Waals surface area contributed by atoms with Gasteiger partial charge in [0.15, 0.2) is 18.2 Å². The van der Waals surface area contributed by atoms with Crippen LogP contribution in [0.4, 0.5) is 0 Å². The maximum Gasteiger partial charge on any atom is 0.308 e. The molecular weight excluding hydrogens is 376 g/mol. The first kappa shape index (κ1) is 17.6. The van der Waals surface area contributed by atoms with Crippen LogP contribution in [0.2, 0.25) is 0 Å². The number of ketones is 1. The Hall–Kier alpha value is -1.24. The van der Waals surface area contributed by atoms with E-state index < -0.39 is 11.8 Å². The van der Waals surface area contributed by atoms with E-state index >= 15 is 0 Å². The first-order chi connectivity index (χ1) is 11.5. The van der Waals surface area contributed by atoms with Gasteiger partial charge in [0.05, 0.1) is 18.6 Å². The van der Waals surface area contributed by atoms with Crippen LogP contribution in [0.15, 0.2) is 28.7 Å². The molecule has 0 N–H and O–H groups in total. The Kier molecular flexibility index (Phi) is 5.37. The lowest BCUT2D eigenvalue weighted by molar-refractivity contribution is -0.215. The molecule has 0 aromatic heterocycles. The van der Waals surface area contributed by atoms with Gasteiger partial charge in [0.1, 0.15) is 0 Å². The molecule has 2 heterocycles. The number of halogens is 1. The number of carbonyl (C=O) groups is 2. The quantitative estimate of drug-likeness (QED) is 0.561. The van der Waals surface area contributed by atoms with E-state index in [1.165, 1.54) is 0 Å². The van der Waals surface area contributed by atoms with Crippen LogP contribution in [0.1, 0.15) is 49.4 Å². The highest BCUT2D eigenvalue weighted by Crippen LogP contribution is 2.42. The van der Waals surface area contributed by atoms with Crippen molar-refractivity contribution in [2.75, 3.05) is 6.61 Å². The predicted octanol–water partition coefficient (Wildman–Crippen LogP) is 3.64. The molecule has 0 bridgehead atoms. The Morgan fingerprint density at radius 2 is 1.92 bits per heavy atom. The third-order valence-electron chi connectivity index (χ3n) is 4.50. The minimum atomic E-state index is -0.502. The van der Waals surface area contributed by atoms with Crippen LogP contribution < -0.4 is 0 Å². The van der Waals surface area contributed by atoms with Crippen molar-refractivity contribution in [2.24, 2.45) is 0 Å². The van der Waals surface area contributed by atoms with Crippen LogP contribution >= 0.6 is 15.9 Å². The smallest absolute Gasteiger partial charge is 0.308 e. The lowest BCUT2D eigenvalue weighted by atomic mass is 10.1. The van der Waals surface area contributed by atoms with Crippen molar-refractivity contribution in [1.82, 2.24) is 0 Å². The van der Waals surface area contributed by atoms with Gasteiger partial charge in [0.2, 0.25) is 0 Å². The largest absolute Gasteiger partial charge is 0.457 e. The zero-order valence-electron chi connectivity index (χ0n) is 13.6. The summed E-state index contributed by atoms with van der Waals surface area (Å²) in [6.07, 6.45) is 3.63. The molecule has 0 amide bonds. The maximum absolute atomic E-state index is 12.0. The summed E-state index contributed by atoms with van der Waals surface area (Å²) < 4.78 is 17.8. The molecule has 0 saturated carbocycles. The summed E-state index contributed by atoms with van der Waals surface area (Å²) >= 11 is 3.31. The Morgan fingerprint density at radius 1 is 1.21 bits per heavy atom. The van der Waals surface area contributed by atoms with Crippen molar-refractivity contribution in [3.63, 3.8) is 0 Å². The van der Waals surface area contributed by atoms with Crippen molar-refractivity contribution in [1.29, 1.82) is 0 Å². The molecule has 2 aliphatic heterocycles. The Bertz CT molecular complexity index is 614. The summed E-state index contributed by atoms with van der Waals surface area (Å²) in [4.78, 5) is 23.9. The normalized spacial score (nSPS) is 29.1. The number of Topliss-reactive ketones (excluding diaryl/α,β-unsaturated/α-hetero) is 1. The van der Waals surface area contributed by atoms with Gasteiger partial charge in [-0.25, -0.2) is 0 Å². The lowest BCUT2D eigenvalue weighted by Gasteiger charge is -2.24. The standard InChI is InChI=1S/C18H21BrO5/c1-12-6-8-18(23-12)9-7-15(24-18)10-17(21)22-11-16(20)13-2-4-14(19)5-3-13/h2-5,12,15H,6-11H2,1H3/t12-,15+,18+/m1/s1. The molecule has 130 valence electrons. The number of esters is 1. The Labute approximate surface area is 149 Å². The van der Waals surface area contributed by atoms with Gasteiger partial charge in [-0.15, -0.1) is 0 Å². The van der Waals surface area contributed by atoms with Gasteiger partial charge < -0.3 is 14.2 Å². The fraction of sp³-hybridized carbons (Fsp3) is 0.556. The molecule has 24 heavy (non-hydrogen) atoms. The molecule has 0 radical (unpaired) electrons. The molecule has 0 unspecified atom stereocenters. The number of hydrogen-bond donors (Lipinski definition) is 0. The van der Waals surface area contributed by atoms with E-state index in [4.69, 9.17) is 14.2 Å². The van der Waals surface area contributed by atoms with E-state index in [9.17, 15) is 9.59 Å². The Balaban J connectivity index is 1.43. The van der Waals surface area contributed by atoms with E-state index in [1.54, 1.807) is 24.3 Å². The number of carbonyl (C=O) groups excluding carboxylic acids is 2. The van der Waals surface area contributed by atoms with Gasteiger partial charge in [-0.1, -0.05) is 28.1 Å². The fourth-order valence-electron chi connectivity index (χ4n) is 3.23. The van der Waals surface area contributed by atoms with E-state index in [0.717, 1.165) is 30.2 Å². The third kappa shape index (κ3) is 4.23. The second kappa shape index (κ2) is 7.33. The first-order valence-corrected chi connectivity index (χ1v) is 9.05. The molecule has 1 spiro atoms. The zero-order chi connectivity index (χ0) is 17.2. The molecule has 3 rings (SSSR count). The molecule has 2 aliphatic rings. The second-order valence-corrected chi connectivity index (χ2v) is 7.37. The number of benzene rings is 1. The topological polar surface area (TPSA) is 61.8 Å². The SMILES string of the molecule is C[C@@H]1CC[C@]2(CC[C@@H](CC(=O)OCC(=O)c3ccc(Br)cc3)O2)O1. The summed E-state index contributed by atoms with van der Waals surface area (Å²) in [5, 5.41) is 0. The van der Waals surface area contributed by atoms with E-state index in [2.05, 4.69) is 15.9 Å². The molecule has 6 heteroatoms. The fourth-order valence-corrected chi connectivity index (χ4v) is 3.50. The lowest BCUT2D eigenvalue weighted by Crippen LogP contribution is -2.29. The molecule has 1 aromatic carbocycles. The van der Waals surface area contributed by atoms with Crippen molar-refractivity contribution < 1.29 is 23.8 Å². The number of rotatable bonds is 5. The van der Waals surface area contributed by atoms with Crippen LogP contribution in [0.3, 0.4) is 0 Å². The van der Waals surface area contributed by atoms with Gasteiger partial charge >= 0.3 is 5.97 Å². The van der Waals surface area contributed by atoms with Gasteiger partial charge in [-0.05, 0) is 31.9 Å². The first-order valence-electron chi connectivity index (χ1n) is 8.26. The highest BCUT2D eigenvalue weighted by molar-refractivity contribution is 9.10. The van der Waals surface area contributed by atoms with E-state index in [-0.39, 0.29) is 31.0 Å². The van der Waals surface area contributed by atoms with Gasteiger partial charge in [0, 0.05) is 22.9 Å². The number of hydrogen-bond acceptors (Lipinski definition) is 5. The highest BCUT2D eigenvalue weighted by Gasteiger charge is 2.46. The predicted molar refractivity (Wildman–Crippen MR) is 90.7 cm³/mol. The monoisotopic (exact) mass is 396 g/mol. The summed E-state index contributed by atoms with van der Waals surface area (Å²) in [5.41, 5.74) is 0.524. The average molecular weight is 397 g/mol. The summed E-state index contributed by atoms with van der Waals surface area (Å²) in [7, 11) is 0. The van der Waals surface area contributed by atoms with Crippen LogP contribution in [-0.4, -0.2) is 36.4 Å². The van der Waals surface area contributed by atoms with E-state index in [0.29, 0.717) is 5.56 Å². The molecule has 2 fully saturated rings. The van der Waals surface area contributed by atoms with Gasteiger partial charge in [-0.2, -0.15) is 0 Å². The molecular formula is C18H21BrO5. The van der Waals surface area contributed by atoms with Crippen molar-refractivity contribution in [3.8, 4) is 0 Å². The van der Waals surface area contributed by atoms with Crippen molar-refractivity contribution >= 4 is 27.7 Å². The maximum atomic E-state index is 12.0. The minimum Gasteiger partial charge on any atom is -0.457 e. The second-order valence-electron chi connectivity index (χ2n) is 6.45. The number of ether oxygens (including phenoxy) is 3. The minimum absolute atomic E-state index is 0.160. The molecule has 1 aromatic rings. The summed E-state index contributed by atoms with van der Waals surface area (Å²) in [6, 6.07) is 6.96. The zero-order valence-corrected chi connectivity index (χ0v) is 15.2. The summed E-state index contributed by atoms with van der Waals surface area (Å²) in [5.74, 6) is -1.13. The van der Waals surface area contributed by atoms with Crippen LogP contribution in [0, 0.1) is 0 Å². The van der Waals surface area contributed by atoms with Crippen molar-refractivity contribution in [3.05, 3.63) is 34.3 Å². The molecule has 5 nitrogen and oxygen atoms in total. The van der Waals surface area contributed by atoms with Gasteiger partial charge in [-0.3, -0.25) is 9.59 Å². The van der Waals surface area contributed by atoms with Crippen LogP contribution in [0.5, 0.6) is 0 Å². The molecule has 3 atom stereocenters. The molecule has 0 aliphatic carbocycles. The van der Waals surface area contributed by atoms with Crippen molar-refractivity contribution in [2.45, 2.75) is 57.0 Å². The van der Waals surface area contributed by atoms with Crippen LogP contribution in [-0.2, 0) is 19.0 Å². The average Bonchev–Trinajstić information content (AvgIpc) is 3.11. The summed E-state index contributed by atoms with van der Waals surface area (Å²) in [6.45, 7) is 1.79.